The number of hydrogen-bond donors (Lipinski definition) is 2. The Bertz CT molecular complexity index is 58.1. The molecular weight excluding hydrogens is 180 g/mol. The van der Waals surface area contributed by atoms with Crippen LogP contribution < -0.4 is 9.96 Å². The van der Waals surface area contributed by atoms with Crippen LogP contribution in [0.1, 0.15) is 0 Å². The summed E-state index contributed by atoms with van der Waals surface area (Å²) in [6, 6.07) is 0. The lowest BCUT2D eigenvalue weighted by molar-refractivity contribution is 0.108. The summed E-state index contributed by atoms with van der Waals surface area (Å²) in [5, 5.41) is 0. The summed E-state index contributed by atoms with van der Waals surface area (Å²) >= 11 is 0. The van der Waals surface area contributed by atoms with E-state index in [1.807, 2.05) is 14.1 Å². The number of nitrogens with one attached hydrogen (secondary N) is 2. The summed E-state index contributed by atoms with van der Waals surface area (Å²) in [5.74, 6) is 0. The highest BCUT2D eigenvalue weighted by atomic mass is 28.3. The number of halogens is 4. The fourth-order valence-electron chi connectivity index (χ4n) is 0.125. The van der Waals surface area contributed by atoms with Crippen molar-refractivity contribution >= 4 is 8.40 Å². The van der Waals surface area contributed by atoms with Crippen LogP contribution in [0.4, 0.5) is 18.3 Å². The SMILES string of the molecule is CN[Si](C)(C)NC.FF.FF. The zero-order chi connectivity index (χ0) is 9.91. The molecule has 0 atom stereocenters. The van der Waals surface area contributed by atoms with Crippen LogP contribution in [0.5, 0.6) is 0 Å². The molecule has 0 aromatic heterocycles. The first kappa shape index (κ1) is 17.1. The van der Waals surface area contributed by atoms with Crippen LogP contribution in [0, 0.1) is 0 Å². The van der Waals surface area contributed by atoms with Gasteiger partial charge >= 0.3 is 0 Å². The summed E-state index contributed by atoms with van der Waals surface area (Å²) in [4.78, 5) is 6.44. The van der Waals surface area contributed by atoms with Crippen LogP contribution >= 0.6 is 0 Å². The Morgan fingerprint density at radius 1 is 0.818 bits per heavy atom. The molecule has 0 fully saturated rings. The molecule has 0 bridgehead atoms. The van der Waals surface area contributed by atoms with Crippen LogP contribution in [-0.2, 0) is 0 Å². The predicted molar refractivity (Wildman–Crippen MR) is 40.0 cm³/mol. The minimum atomic E-state index is -1.15. The Kier molecular flexibility index (Phi) is 19.5. The van der Waals surface area contributed by atoms with Gasteiger partial charge in [-0.05, 0) is 27.2 Å². The smallest absolute Gasteiger partial charge is 0.194 e. The lowest BCUT2D eigenvalue weighted by atomic mass is 11.6. The van der Waals surface area contributed by atoms with Gasteiger partial charge in [-0.1, -0.05) is 0 Å². The maximum atomic E-state index is 8.00. The van der Waals surface area contributed by atoms with Crippen LogP contribution in [0.2, 0.25) is 13.1 Å². The van der Waals surface area contributed by atoms with E-state index in [4.69, 9.17) is 18.3 Å². The lowest BCUT2D eigenvalue weighted by Gasteiger charge is -2.18. The van der Waals surface area contributed by atoms with Gasteiger partial charge in [-0.2, -0.15) is 0 Å². The molecule has 2 nitrogen and oxygen atoms in total. The molecule has 0 aliphatic rings. The van der Waals surface area contributed by atoms with Gasteiger partial charge in [-0.25, -0.2) is 0 Å². The number of hydrogen-bond acceptors (Lipinski definition) is 2. The maximum absolute atomic E-state index is 8.00. The molecule has 72 valence electrons. The third-order valence-electron chi connectivity index (χ3n) is 1.25. The van der Waals surface area contributed by atoms with Gasteiger partial charge in [0.05, 0.1) is 0 Å². The van der Waals surface area contributed by atoms with Crippen molar-refractivity contribution in [3.05, 3.63) is 0 Å². The standard InChI is InChI=1S/C4H14N2Si.2F2/c1-5-7(3,4)6-2;2*1-2/h5-6H,1-4H3;;. The van der Waals surface area contributed by atoms with E-state index in [9.17, 15) is 0 Å². The second kappa shape index (κ2) is 12.5. The molecule has 0 aliphatic heterocycles. The molecule has 0 radical (unpaired) electrons. The van der Waals surface area contributed by atoms with Gasteiger partial charge in [0.2, 0.25) is 0 Å². The largest absolute Gasteiger partial charge is 0.328 e. The molecular formula is C4H14F4N2Si. The van der Waals surface area contributed by atoms with Gasteiger partial charge < -0.3 is 9.96 Å². The van der Waals surface area contributed by atoms with Crippen molar-refractivity contribution < 1.29 is 18.3 Å². The summed E-state index contributed by atoms with van der Waals surface area (Å²) in [7, 11) is 2.83. The minimum absolute atomic E-state index is 1.15. The average molecular weight is 194 g/mol. The molecule has 0 aliphatic carbocycles. The fraction of sp³-hybridized carbons (Fsp3) is 1.00. The zero-order valence-electron chi connectivity index (χ0n) is 7.01. The van der Waals surface area contributed by atoms with Crippen molar-refractivity contribution in [2.45, 2.75) is 13.1 Å². The Morgan fingerprint density at radius 2 is 1.00 bits per heavy atom. The monoisotopic (exact) mass is 194 g/mol. The Balaban J connectivity index is -0.000000138. The first-order valence-electron chi connectivity index (χ1n) is 2.79. The van der Waals surface area contributed by atoms with Crippen LogP contribution in [0.15, 0.2) is 0 Å². The Labute approximate surface area is 64.9 Å². The van der Waals surface area contributed by atoms with E-state index in [0.717, 1.165) is 0 Å². The average Bonchev–Trinajstić information content (AvgIpc) is 2.12. The summed E-state index contributed by atoms with van der Waals surface area (Å²) in [6.07, 6.45) is 0. The summed E-state index contributed by atoms with van der Waals surface area (Å²) in [5.41, 5.74) is 0. The predicted octanol–water partition coefficient (Wildman–Crippen LogP) is 1.81. The third kappa shape index (κ3) is 17.7. The molecule has 7 heteroatoms. The third-order valence-corrected chi connectivity index (χ3v) is 3.75. The van der Waals surface area contributed by atoms with Crippen molar-refractivity contribution in [2.75, 3.05) is 14.1 Å². The van der Waals surface area contributed by atoms with Crippen molar-refractivity contribution in [3.63, 3.8) is 0 Å². The number of rotatable bonds is 2. The van der Waals surface area contributed by atoms with E-state index in [1.165, 1.54) is 0 Å². The molecule has 0 rings (SSSR count). The van der Waals surface area contributed by atoms with Crippen LogP contribution in [-0.4, -0.2) is 22.5 Å². The van der Waals surface area contributed by atoms with Gasteiger partial charge in [0.25, 0.3) is 0 Å². The molecule has 0 saturated carbocycles. The van der Waals surface area contributed by atoms with Gasteiger partial charge in [-0.15, -0.1) is 0 Å². The first-order valence-corrected chi connectivity index (χ1v) is 5.79. The topological polar surface area (TPSA) is 24.1 Å². The first-order chi connectivity index (χ1) is 5.12. The molecule has 0 aromatic carbocycles. The minimum Gasteiger partial charge on any atom is -0.328 e. The van der Waals surface area contributed by atoms with Crippen LogP contribution in [0.3, 0.4) is 0 Å². The van der Waals surface area contributed by atoms with Gasteiger partial charge in [-0.3, -0.25) is 0 Å². The highest BCUT2D eigenvalue weighted by molar-refractivity contribution is 6.72. The Morgan fingerprint density at radius 3 is 1.00 bits per heavy atom. The van der Waals surface area contributed by atoms with Gasteiger partial charge in [0, 0.05) is 18.3 Å². The molecule has 2 N–H and O–H groups in total. The van der Waals surface area contributed by atoms with E-state index in [0.29, 0.717) is 0 Å². The van der Waals surface area contributed by atoms with E-state index in [2.05, 4.69) is 23.1 Å². The summed E-state index contributed by atoms with van der Waals surface area (Å²) < 4.78 is 32.0. The van der Waals surface area contributed by atoms with Gasteiger partial charge in [0.1, 0.15) is 0 Å². The normalized spacial score (nSPS) is 8.73. The lowest BCUT2D eigenvalue weighted by Crippen LogP contribution is -2.54. The molecule has 0 aromatic rings. The van der Waals surface area contributed by atoms with E-state index in [1.54, 1.807) is 0 Å². The second-order valence-corrected chi connectivity index (χ2v) is 6.38. The van der Waals surface area contributed by atoms with E-state index < -0.39 is 8.40 Å². The fourth-order valence-corrected chi connectivity index (χ4v) is 0.375. The van der Waals surface area contributed by atoms with Crippen molar-refractivity contribution in [1.82, 2.24) is 9.96 Å². The molecule has 0 amide bonds. The Hall–Kier alpha value is -0.143. The summed E-state index contributed by atoms with van der Waals surface area (Å²) in [6.45, 7) is 4.43. The highest BCUT2D eigenvalue weighted by Crippen LogP contribution is 1.83. The molecule has 0 heterocycles. The second-order valence-electron chi connectivity index (χ2n) is 2.12. The molecule has 0 spiro atoms. The zero-order valence-corrected chi connectivity index (χ0v) is 8.01. The maximum Gasteiger partial charge on any atom is 0.194 e. The van der Waals surface area contributed by atoms with Crippen molar-refractivity contribution in [3.8, 4) is 0 Å². The van der Waals surface area contributed by atoms with E-state index in [-0.39, 0.29) is 0 Å². The molecule has 0 saturated heterocycles. The quantitative estimate of drug-likeness (QED) is 0.517. The van der Waals surface area contributed by atoms with Crippen molar-refractivity contribution in [2.24, 2.45) is 0 Å². The van der Waals surface area contributed by atoms with Gasteiger partial charge in [0.15, 0.2) is 8.40 Å². The van der Waals surface area contributed by atoms with E-state index >= 15 is 0 Å². The van der Waals surface area contributed by atoms with Crippen LogP contribution in [0.25, 0.3) is 0 Å². The highest BCUT2D eigenvalue weighted by Gasteiger charge is 2.13. The van der Waals surface area contributed by atoms with Crippen molar-refractivity contribution in [1.29, 1.82) is 0 Å². The molecule has 0 unspecified atom stereocenters. The molecule has 11 heavy (non-hydrogen) atoms.